The zero-order valence-electron chi connectivity index (χ0n) is 4.97. The molecular weight excluding hydrogens is 115 g/mol. The van der Waals surface area contributed by atoms with Gasteiger partial charge in [-0.05, 0) is 6.08 Å². The minimum Gasteiger partial charge on any atom is -0.225 e. The molecule has 0 saturated heterocycles. The second-order valence-corrected chi connectivity index (χ2v) is 2.00. The summed E-state index contributed by atoms with van der Waals surface area (Å²) in [7, 11) is 0. The van der Waals surface area contributed by atoms with Gasteiger partial charge in [0.1, 0.15) is 0 Å². The summed E-state index contributed by atoms with van der Waals surface area (Å²) in [5, 5.41) is 0. The Morgan fingerprint density at radius 2 is 2.33 bits per heavy atom. The Morgan fingerprint density at radius 3 is 2.67 bits per heavy atom. The fourth-order valence-electron chi connectivity index (χ4n) is 0.701. The molecule has 0 radical (unpaired) electrons. The molecule has 1 unspecified atom stereocenters. The molecule has 0 fully saturated rings. The zero-order valence-corrected chi connectivity index (χ0v) is 4.97. The largest absolute Gasteiger partial charge is 0.225 e. The van der Waals surface area contributed by atoms with Gasteiger partial charge in [-0.2, -0.15) is 0 Å². The quantitative estimate of drug-likeness (QED) is 0.430. The van der Waals surface area contributed by atoms with Crippen molar-refractivity contribution >= 4 is 0 Å². The first-order valence-corrected chi connectivity index (χ1v) is 2.78. The molecule has 1 atom stereocenters. The van der Waals surface area contributed by atoms with E-state index >= 15 is 0 Å². The number of alkyl halides is 1. The molecule has 46 valence electrons. The number of allylic oxidation sites excluding steroid dienone is 4. The van der Waals surface area contributed by atoms with E-state index in [0.717, 1.165) is 0 Å². The van der Waals surface area contributed by atoms with Crippen molar-refractivity contribution in [2.45, 2.75) is 12.1 Å². The monoisotopic (exact) mass is 122 g/mol. The molecule has 0 amide bonds. The van der Waals surface area contributed by atoms with Gasteiger partial charge in [-0.15, -0.1) is 6.42 Å². The van der Waals surface area contributed by atoms with Gasteiger partial charge in [0.25, 0.3) is 0 Å². The molecule has 1 heteroatoms. The van der Waals surface area contributed by atoms with E-state index in [1.165, 1.54) is 6.08 Å². The number of hydrogen-bond donors (Lipinski definition) is 0. The van der Waals surface area contributed by atoms with Crippen LogP contribution in [0.2, 0.25) is 0 Å². The third kappa shape index (κ3) is 1.20. The maximum absolute atomic E-state index is 12.9. The SMILES string of the molecule is C#CC1(F)C=CC=CC1. The second kappa shape index (κ2) is 2.06. The molecule has 0 heterocycles. The Hall–Kier alpha value is -1.03. The van der Waals surface area contributed by atoms with E-state index in [2.05, 4.69) is 5.92 Å². The summed E-state index contributed by atoms with van der Waals surface area (Å²) in [5.74, 6) is 2.08. The number of hydrogen-bond acceptors (Lipinski definition) is 0. The topological polar surface area (TPSA) is 0 Å². The van der Waals surface area contributed by atoms with E-state index < -0.39 is 5.67 Å². The van der Waals surface area contributed by atoms with Gasteiger partial charge >= 0.3 is 0 Å². The van der Waals surface area contributed by atoms with E-state index in [1.807, 2.05) is 0 Å². The molecule has 0 nitrogen and oxygen atoms in total. The molecule has 9 heavy (non-hydrogen) atoms. The maximum Gasteiger partial charge on any atom is 0.192 e. The van der Waals surface area contributed by atoms with Gasteiger partial charge in [-0.25, -0.2) is 4.39 Å². The first-order valence-electron chi connectivity index (χ1n) is 2.78. The molecular formula is C8H7F. The van der Waals surface area contributed by atoms with Gasteiger partial charge in [0.2, 0.25) is 0 Å². The normalized spacial score (nSPS) is 32.0. The van der Waals surface area contributed by atoms with E-state index in [9.17, 15) is 4.39 Å². The maximum atomic E-state index is 12.9. The predicted molar refractivity (Wildman–Crippen MR) is 35.6 cm³/mol. The molecule has 0 aliphatic heterocycles. The summed E-state index contributed by atoms with van der Waals surface area (Å²) in [6.07, 6.45) is 11.8. The second-order valence-electron chi connectivity index (χ2n) is 2.00. The standard InChI is InChI=1S/C8H7F/c1-2-8(9)6-4-3-5-7-8/h1,3-6H,7H2. The van der Waals surface area contributed by atoms with Gasteiger partial charge in [0, 0.05) is 6.42 Å². The van der Waals surface area contributed by atoms with Crippen molar-refractivity contribution in [1.29, 1.82) is 0 Å². The third-order valence-electron chi connectivity index (χ3n) is 1.26. The summed E-state index contributed by atoms with van der Waals surface area (Å²) in [6, 6.07) is 0. The van der Waals surface area contributed by atoms with Crippen LogP contribution in [0.4, 0.5) is 4.39 Å². The lowest BCUT2D eigenvalue weighted by Gasteiger charge is -2.13. The van der Waals surface area contributed by atoms with Crippen molar-refractivity contribution < 1.29 is 4.39 Å². The van der Waals surface area contributed by atoms with Crippen LogP contribution in [-0.2, 0) is 0 Å². The Kier molecular flexibility index (Phi) is 1.40. The molecule has 0 saturated carbocycles. The van der Waals surface area contributed by atoms with Gasteiger partial charge in [0.05, 0.1) is 0 Å². The van der Waals surface area contributed by atoms with Gasteiger partial charge in [-0.1, -0.05) is 24.1 Å². The van der Waals surface area contributed by atoms with Crippen molar-refractivity contribution in [2.24, 2.45) is 0 Å². The van der Waals surface area contributed by atoms with Gasteiger partial charge in [-0.3, -0.25) is 0 Å². The van der Waals surface area contributed by atoms with Crippen LogP contribution < -0.4 is 0 Å². The van der Waals surface area contributed by atoms with Gasteiger partial charge < -0.3 is 0 Å². The summed E-state index contributed by atoms with van der Waals surface area (Å²) < 4.78 is 12.9. The van der Waals surface area contributed by atoms with Crippen LogP contribution in [0.1, 0.15) is 6.42 Å². The number of terminal acetylenes is 1. The minimum absolute atomic E-state index is 0.306. The summed E-state index contributed by atoms with van der Waals surface area (Å²) in [4.78, 5) is 0. The molecule has 1 aliphatic carbocycles. The van der Waals surface area contributed by atoms with Crippen LogP contribution in [0, 0.1) is 12.3 Å². The Morgan fingerprint density at radius 1 is 1.56 bits per heavy atom. The van der Waals surface area contributed by atoms with Gasteiger partial charge in [0.15, 0.2) is 5.67 Å². The van der Waals surface area contributed by atoms with Crippen LogP contribution in [-0.4, -0.2) is 5.67 Å². The van der Waals surface area contributed by atoms with Crippen LogP contribution in [0.5, 0.6) is 0 Å². The van der Waals surface area contributed by atoms with Crippen LogP contribution >= 0.6 is 0 Å². The average molecular weight is 122 g/mol. The Balaban J connectivity index is 2.77. The molecule has 0 aromatic rings. The lowest BCUT2D eigenvalue weighted by molar-refractivity contribution is 0.314. The highest BCUT2D eigenvalue weighted by molar-refractivity contribution is 5.28. The van der Waals surface area contributed by atoms with Crippen LogP contribution in [0.25, 0.3) is 0 Å². The fourth-order valence-corrected chi connectivity index (χ4v) is 0.701. The number of halogens is 1. The average Bonchev–Trinajstić information content (AvgIpc) is 1.90. The molecule has 0 spiro atoms. The van der Waals surface area contributed by atoms with Crippen molar-refractivity contribution in [3.8, 4) is 12.3 Å². The van der Waals surface area contributed by atoms with Crippen molar-refractivity contribution in [2.75, 3.05) is 0 Å². The lowest BCUT2D eigenvalue weighted by Crippen LogP contribution is -2.16. The van der Waals surface area contributed by atoms with E-state index in [0.29, 0.717) is 6.42 Å². The number of rotatable bonds is 0. The van der Waals surface area contributed by atoms with Crippen LogP contribution in [0.15, 0.2) is 24.3 Å². The van der Waals surface area contributed by atoms with E-state index in [4.69, 9.17) is 6.42 Å². The highest BCUT2D eigenvalue weighted by Gasteiger charge is 2.21. The first-order chi connectivity index (χ1) is 4.27. The van der Waals surface area contributed by atoms with E-state index in [-0.39, 0.29) is 0 Å². The molecule has 0 aromatic carbocycles. The molecule has 0 aromatic heterocycles. The summed E-state index contributed by atoms with van der Waals surface area (Å²) in [5.41, 5.74) is -1.52. The Bertz CT molecular complexity index is 195. The lowest BCUT2D eigenvalue weighted by atomic mass is 9.99. The molecule has 1 aliphatic rings. The van der Waals surface area contributed by atoms with Crippen molar-refractivity contribution in [3.05, 3.63) is 24.3 Å². The van der Waals surface area contributed by atoms with E-state index in [1.54, 1.807) is 18.2 Å². The predicted octanol–water partition coefficient (Wildman–Crippen LogP) is 1.84. The summed E-state index contributed by atoms with van der Waals surface area (Å²) >= 11 is 0. The Labute approximate surface area is 54.1 Å². The summed E-state index contributed by atoms with van der Waals surface area (Å²) in [6.45, 7) is 0. The third-order valence-corrected chi connectivity index (χ3v) is 1.26. The molecule has 0 bridgehead atoms. The fraction of sp³-hybridized carbons (Fsp3) is 0.250. The highest BCUT2D eigenvalue weighted by Crippen LogP contribution is 2.20. The highest BCUT2D eigenvalue weighted by atomic mass is 19.1. The van der Waals surface area contributed by atoms with Crippen LogP contribution in [0.3, 0.4) is 0 Å². The zero-order chi connectivity index (χ0) is 6.74. The minimum atomic E-state index is -1.52. The first kappa shape index (κ1) is 6.10. The molecule has 0 N–H and O–H groups in total. The van der Waals surface area contributed by atoms with Crippen molar-refractivity contribution in [1.82, 2.24) is 0 Å². The smallest absolute Gasteiger partial charge is 0.192 e. The molecule has 1 rings (SSSR count). The van der Waals surface area contributed by atoms with Crippen molar-refractivity contribution in [3.63, 3.8) is 0 Å².